The normalized spacial score (nSPS) is 13.2. The summed E-state index contributed by atoms with van der Waals surface area (Å²) in [6.07, 6.45) is -3.23. The zero-order chi connectivity index (χ0) is 36.0. The summed E-state index contributed by atoms with van der Waals surface area (Å²) in [4.78, 5) is 124. The summed E-state index contributed by atoms with van der Waals surface area (Å²) < 4.78 is 0. The highest BCUT2D eigenvalue weighted by atomic mass is 16.4. The van der Waals surface area contributed by atoms with E-state index in [1.54, 1.807) is 18.2 Å². The van der Waals surface area contributed by atoms with Gasteiger partial charge in [-0.2, -0.15) is 0 Å². The fourth-order valence-corrected chi connectivity index (χ4v) is 4.13. The number of imide groups is 1. The summed E-state index contributed by atoms with van der Waals surface area (Å²) in [6.45, 7) is 2.70. The van der Waals surface area contributed by atoms with Crippen LogP contribution in [0.25, 0.3) is 0 Å². The van der Waals surface area contributed by atoms with Crippen molar-refractivity contribution in [3.63, 3.8) is 0 Å². The largest absolute Gasteiger partial charge is 0.481 e. The molecule has 0 aliphatic heterocycles. The molecule has 4 unspecified atom stereocenters. The van der Waals surface area contributed by atoms with Crippen LogP contribution in [-0.4, -0.2) is 110 Å². The highest BCUT2D eigenvalue weighted by Gasteiger charge is 2.42. The maximum Gasteiger partial charge on any atom is 0.305 e. The number of carbonyl (C=O) groups is 10. The number of carbonyl (C=O) groups excluding carboxylic acids is 7. The quantitative estimate of drug-likeness (QED) is 0.0793. The van der Waals surface area contributed by atoms with Gasteiger partial charge in [0.25, 0.3) is 11.8 Å². The van der Waals surface area contributed by atoms with Gasteiger partial charge in [0, 0.05) is 18.9 Å². The maximum atomic E-state index is 13.7. The first-order valence-electron chi connectivity index (χ1n) is 14.1. The predicted octanol–water partition coefficient (Wildman–Crippen LogP) is -1.93. The van der Waals surface area contributed by atoms with Gasteiger partial charge in [-0.25, -0.2) is 0 Å². The molecule has 47 heavy (non-hydrogen) atoms. The molecular weight excluding hydrogens is 626 g/mol. The molecule has 4 atom stereocenters. The third-order valence-electron chi connectivity index (χ3n) is 6.52. The molecule has 0 aromatic heterocycles. The molecule has 1 aromatic carbocycles. The number of carboxylic acids is 3. The summed E-state index contributed by atoms with van der Waals surface area (Å²) in [5.74, 6) is -13.7. The van der Waals surface area contributed by atoms with E-state index in [2.05, 4.69) is 16.0 Å². The number of aliphatic carboxylic acids is 3. The highest BCUT2D eigenvalue weighted by molar-refractivity contribution is 6.41. The van der Waals surface area contributed by atoms with Crippen LogP contribution in [0.15, 0.2) is 30.3 Å². The van der Waals surface area contributed by atoms with Crippen LogP contribution in [0.1, 0.15) is 56.8 Å². The summed E-state index contributed by atoms with van der Waals surface area (Å²) in [6, 6.07) is 0.399. The number of rotatable bonds is 19. The van der Waals surface area contributed by atoms with Crippen LogP contribution < -0.4 is 21.7 Å². The van der Waals surface area contributed by atoms with Crippen LogP contribution in [0.5, 0.6) is 0 Å². The van der Waals surface area contributed by atoms with Crippen molar-refractivity contribution >= 4 is 59.0 Å². The first-order chi connectivity index (χ1) is 21.9. The number of nitrogens with two attached hydrogens (primary N) is 1. The molecule has 0 heterocycles. The second-order valence-electron chi connectivity index (χ2n) is 10.6. The number of amides is 5. The molecule has 5 amide bonds. The Morgan fingerprint density at radius 3 is 1.87 bits per heavy atom. The topological polar surface area (TPSA) is 297 Å². The number of benzene rings is 1. The van der Waals surface area contributed by atoms with Crippen LogP contribution >= 0.6 is 0 Å². The van der Waals surface area contributed by atoms with E-state index in [0.29, 0.717) is 0 Å². The van der Waals surface area contributed by atoms with Gasteiger partial charge in [-0.15, -0.1) is 0 Å². The lowest BCUT2D eigenvalue weighted by molar-refractivity contribution is -0.156. The number of nitrogens with zero attached hydrogens (tertiary/aromatic N) is 1. The van der Waals surface area contributed by atoms with Gasteiger partial charge in [0.2, 0.25) is 29.3 Å². The number of ketones is 2. The maximum absolute atomic E-state index is 13.7. The lowest BCUT2D eigenvalue weighted by atomic mass is 9.97. The lowest BCUT2D eigenvalue weighted by Crippen LogP contribution is -2.61. The fraction of sp³-hybridized carbons (Fsp3) is 0.448. The zero-order valence-electron chi connectivity index (χ0n) is 25.8. The van der Waals surface area contributed by atoms with Crippen molar-refractivity contribution in [2.75, 3.05) is 6.54 Å². The van der Waals surface area contributed by atoms with E-state index in [-0.39, 0.29) is 10.5 Å². The van der Waals surface area contributed by atoms with Crippen LogP contribution in [0.2, 0.25) is 0 Å². The average molecular weight is 664 g/mol. The minimum atomic E-state index is -2.19. The molecule has 0 saturated heterocycles. The predicted molar refractivity (Wildman–Crippen MR) is 158 cm³/mol. The zero-order valence-corrected chi connectivity index (χ0v) is 25.8. The Morgan fingerprint density at radius 2 is 1.38 bits per heavy atom. The Kier molecular flexibility index (Phi) is 15.5. The molecule has 0 spiro atoms. The van der Waals surface area contributed by atoms with Crippen molar-refractivity contribution in [2.24, 2.45) is 11.7 Å². The van der Waals surface area contributed by atoms with Gasteiger partial charge in [-0.1, -0.05) is 32.0 Å². The molecule has 0 radical (unpaired) electrons. The lowest BCUT2D eigenvalue weighted by Gasteiger charge is -2.33. The molecular formula is C29H37N5O13. The standard InChI is InChI=1S/C29H37N5O13/c1-14(2)24(33-28(46)18(9-10-21(37)38)32-27(45)17(30)11-22(39)40)29(47)34(15(3)35)19(12-23(41)42)25(43)20(36)13-31-26(44)16-7-5-4-6-8-16/h4-8,14,17-19,24H,9-13,30H2,1-3H3,(H,31,44)(H,32,45)(H,33,46)(H,37,38)(H,39,40)(H,41,42). The van der Waals surface area contributed by atoms with Gasteiger partial charge < -0.3 is 37.0 Å². The Balaban J connectivity index is 3.32. The van der Waals surface area contributed by atoms with E-state index in [0.717, 1.165) is 6.92 Å². The van der Waals surface area contributed by atoms with Crippen LogP contribution in [0, 0.1) is 5.92 Å². The minimum absolute atomic E-state index is 0.146. The average Bonchev–Trinajstić information content (AvgIpc) is 2.98. The SMILES string of the molecule is CC(=O)N(C(=O)C(NC(=O)C(CCC(=O)O)NC(=O)C(N)CC(=O)O)C(C)C)C(CC(=O)O)C(=O)C(=O)CNC(=O)c1ccccc1. The van der Waals surface area contributed by atoms with E-state index < -0.39 is 121 Å². The molecule has 1 rings (SSSR count). The van der Waals surface area contributed by atoms with Crippen LogP contribution in [0.4, 0.5) is 0 Å². The fourth-order valence-electron chi connectivity index (χ4n) is 4.13. The molecule has 8 N–H and O–H groups in total. The number of hydrogen-bond donors (Lipinski definition) is 7. The van der Waals surface area contributed by atoms with Gasteiger partial charge in [0.1, 0.15) is 18.1 Å². The minimum Gasteiger partial charge on any atom is -0.481 e. The molecule has 0 fully saturated rings. The van der Waals surface area contributed by atoms with E-state index in [4.69, 9.17) is 15.9 Å². The molecule has 0 aliphatic rings. The first kappa shape index (κ1) is 39.5. The molecule has 0 bridgehead atoms. The van der Waals surface area contributed by atoms with Crippen LogP contribution in [0.3, 0.4) is 0 Å². The van der Waals surface area contributed by atoms with Gasteiger partial charge in [0.15, 0.2) is 0 Å². The first-order valence-corrected chi connectivity index (χ1v) is 14.1. The van der Waals surface area contributed by atoms with Crippen molar-refractivity contribution in [1.82, 2.24) is 20.9 Å². The Hall–Kier alpha value is -5.52. The molecule has 0 aliphatic carbocycles. The summed E-state index contributed by atoms with van der Waals surface area (Å²) in [7, 11) is 0. The summed E-state index contributed by atoms with van der Waals surface area (Å²) in [5, 5.41) is 34.0. The number of Topliss-reactive ketones (excluding diaryl/α,β-unsaturated/α-hetero) is 2. The van der Waals surface area contributed by atoms with Crippen LogP contribution in [-0.2, 0) is 43.2 Å². The van der Waals surface area contributed by atoms with Crippen molar-refractivity contribution in [1.29, 1.82) is 0 Å². The number of carboxylic acid groups (broad SMARTS) is 3. The molecule has 18 nitrogen and oxygen atoms in total. The van der Waals surface area contributed by atoms with E-state index in [9.17, 15) is 53.1 Å². The third kappa shape index (κ3) is 12.8. The Bertz CT molecular complexity index is 1400. The third-order valence-corrected chi connectivity index (χ3v) is 6.52. The Morgan fingerprint density at radius 1 is 0.809 bits per heavy atom. The van der Waals surface area contributed by atoms with Gasteiger partial charge in [-0.05, 0) is 24.5 Å². The number of nitrogens with one attached hydrogen (secondary N) is 3. The van der Waals surface area contributed by atoms with Gasteiger partial charge >= 0.3 is 17.9 Å². The van der Waals surface area contributed by atoms with Crippen molar-refractivity contribution < 1.29 is 63.3 Å². The molecule has 1 aromatic rings. The van der Waals surface area contributed by atoms with Crippen molar-refractivity contribution in [3.05, 3.63) is 35.9 Å². The van der Waals surface area contributed by atoms with Gasteiger partial charge in [-0.3, -0.25) is 52.8 Å². The monoisotopic (exact) mass is 663 g/mol. The molecule has 0 saturated carbocycles. The van der Waals surface area contributed by atoms with Crippen molar-refractivity contribution in [2.45, 2.75) is 70.6 Å². The van der Waals surface area contributed by atoms with E-state index in [1.807, 2.05) is 0 Å². The van der Waals surface area contributed by atoms with Crippen molar-refractivity contribution in [3.8, 4) is 0 Å². The molecule has 256 valence electrons. The number of hydrogen-bond acceptors (Lipinski definition) is 11. The van der Waals surface area contributed by atoms with E-state index >= 15 is 0 Å². The molecule has 18 heteroatoms. The second-order valence-corrected chi connectivity index (χ2v) is 10.6. The smallest absolute Gasteiger partial charge is 0.305 e. The van der Waals surface area contributed by atoms with Gasteiger partial charge in [0.05, 0.1) is 25.4 Å². The summed E-state index contributed by atoms with van der Waals surface area (Å²) in [5.41, 5.74) is 5.66. The summed E-state index contributed by atoms with van der Waals surface area (Å²) >= 11 is 0. The Labute approximate surface area is 268 Å². The second kappa shape index (κ2) is 18.4. The highest BCUT2D eigenvalue weighted by Crippen LogP contribution is 2.15. The van der Waals surface area contributed by atoms with E-state index in [1.165, 1.54) is 26.0 Å².